The van der Waals surface area contributed by atoms with Gasteiger partial charge in [-0.05, 0) is 137 Å². The van der Waals surface area contributed by atoms with Crippen molar-refractivity contribution in [2.45, 2.75) is 53.1 Å². The summed E-state index contributed by atoms with van der Waals surface area (Å²) in [5, 5.41) is 9.96. The quantitative estimate of drug-likeness (QED) is 0.155. The highest BCUT2D eigenvalue weighted by Gasteiger charge is 2.17. The van der Waals surface area contributed by atoms with Gasteiger partial charge in [0.2, 0.25) is 0 Å². The summed E-state index contributed by atoms with van der Waals surface area (Å²) in [7, 11) is 0. The maximum atomic E-state index is 13.3. The molecule has 0 radical (unpaired) electrons. The number of benzene rings is 4. The molecule has 0 unspecified atom stereocenters. The lowest BCUT2D eigenvalue weighted by Gasteiger charge is -2.15. The van der Waals surface area contributed by atoms with E-state index in [-0.39, 0.29) is 18.0 Å². The molecule has 236 valence electrons. The highest BCUT2D eigenvalue weighted by Crippen LogP contribution is 2.32. The predicted octanol–water partition coefficient (Wildman–Crippen LogP) is 8.42. The van der Waals surface area contributed by atoms with Crippen molar-refractivity contribution in [3.8, 4) is 17.2 Å². The van der Waals surface area contributed by atoms with Crippen molar-refractivity contribution in [3.63, 3.8) is 0 Å². The molecule has 6 rings (SSSR count). The molecule has 0 atom stereocenters. The normalized spacial score (nSPS) is 13.2. The zero-order chi connectivity index (χ0) is 32.2. The van der Waals surface area contributed by atoms with E-state index in [2.05, 4.69) is 55.9 Å². The van der Waals surface area contributed by atoms with Crippen LogP contribution in [0.5, 0.6) is 11.5 Å². The number of amides is 3. The number of carbonyl (C=O) groups excluding carboxylic acids is 2. The molecule has 1 aliphatic heterocycles. The summed E-state index contributed by atoms with van der Waals surface area (Å²) in [5.74, 6) is 1.17. The van der Waals surface area contributed by atoms with Crippen molar-refractivity contribution in [2.75, 3.05) is 23.7 Å². The second-order valence-electron chi connectivity index (χ2n) is 12.3. The topological polar surface area (TPSA) is 87.6 Å². The van der Waals surface area contributed by atoms with Crippen molar-refractivity contribution in [1.82, 2.24) is 14.8 Å². The Morgan fingerprint density at radius 1 is 0.848 bits per heavy atom. The van der Waals surface area contributed by atoms with Gasteiger partial charge in [-0.2, -0.15) is 0 Å². The van der Waals surface area contributed by atoms with Gasteiger partial charge in [0, 0.05) is 46.8 Å². The van der Waals surface area contributed by atoms with Gasteiger partial charge in [0.1, 0.15) is 11.5 Å². The molecule has 8 heteroatoms. The van der Waals surface area contributed by atoms with E-state index in [4.69, 9.17) is 4.74 Å². The largest absolute Gasteiger partial charge is 0.457 e. The number of ether oxygens (including phenoxy) is 1. The predicted molar refractivity (Wildman–Crippen MR) is 185 cm³/mol. The molecule has 3 amide bonds. The summed E-state index contributed by atoms with van der Waals surface area (Å²) in [6.45, 7) is 11.0. The van der Waals surface area contributed by atoms with Gasteiger partial charge in [0.25, 0.3) is 5.91 Å². The fraction of sp³-hybridized carbons (Fsp3) is 0.263. The van der Waals surface area contributed by atoms with Crippen LogP contribution in [-0.2, 0) is 6.54 Å². The summed E-state index contributed by atoms with van der Waals surface area (Å²) < 4.78 is 8.36. The first-order valence-corrected chi connectivity index (χ1v) is 15.9. The number of para-hydroxylation sites is 1. The molecule has 1 fully saturated rings. The molecule has 1 saturated heterocycles. The van der Waals surface area contributed by atoms with E-state index >= 15 is 0 Å². The van der Waals surface area contributed by atoms with Gasteiger partial charge in [0.05, 0.1) is 5.52 Å². The van der Waals surface area contributed by atoms with Crippen LogP contribution >= 0.6 is 0 Å². The molecule has 0 aliphatic carbocycles. The van der Waals surface area contributed by atoms with Gasteiger partial charge in [-0.1, -0.05) is 18.2 Å². The number of rotatable bonds is 9. The summed E-state index contributed by atoms with van der Waals surface area (Å²) in [6, 6.07) is 27.2. The number of urea groups is 1. The number of aryl methyl sites for hydroxylation is 2. The first-order chi connectivity index (χ1) is 22.2. The Bertz CT molecular complexity index is 1850. The molecule has 0 spiro atoms. The minimum absolute atomic E-state index is 0.0522. The van der Waals surface area contributed by atoms with E-state index in [0.29, 0.717) is 22.7 Å². The van der Waals surface area contributed by atoms with Crippen molar-refractivity contribution in [2.24, 2.45) is 0 Å². The highest BCUT2D eigenvalue weighted by molar-refractivity contribution is 6.05. The van der Waals surface area contributed by atoms with Crippen molar-refractivity contribution in [1.29, 1.82) is 0 Å². The van der Waals surface area contributed by atoms with Crippen LogP contribution in [0, 0.1) is 13.8 Å². The second kappa shape index (κ2) is 13.5. The standard InChI is InChI=1S/C38H41N5O3/c1-25(2)39-38(45)40-30-13-17-32(18-14-30)46-36-22-26(3)34(21-27(36)4)41-37(44)28-11-15-31(16-12-28)43-24-29(23-42-19-7-8-20-42)33-9-5-6-10-35(33)43/h5-6,9-18,21-22,24-25H,7-8,19-20,23H2,1-4H3,(H,41,44)(H2,39,40,45). The third-order valence-electron chi connectivity index (χ3n) is 8.32. The molecule has 3 N–H and O–H groups in total. The molecule has 5 aromatic rings. The van der Waals surface area contributed by atoms with Crippen molar-refractivity contribution < 1.29 is 14.3 Å². The van der Waals surface area contributed by atoms with E-state index in [9.17, 15) is 9.59 Å². The fourth-order valence-corrected chi connectivity index (χ4v) is 5.94. The lowest BCUT2D eigenvalue weighted by Crippen LogP contribution is -2.34. The number of carbonyl (C=O) groups is 2. The number of aromatic nitrogens is 1. The van der Waals surface area contributed by atoms with Gasteiger partial charge in [-0.25, -0.2) is 4.79 Å². The van der Waals surface area contributed by atoms with Crippen molar-refractivity contribution in [3.05, 3.63) is 113 Å². The average molecular weight is 616 g/mol. The van der Waals surface area contributed by atoms with Crippen LogP contribution in [0.15, 0.2) is 91.1 Å². The molecule has 4 aromatic carbocycles. The summed E-state index contributed by atoms with van der Waals surface area (Å²) in [4.78, 5) is 27.8. The van der Waals surface area contributed by atoms with E-state index < -0.39 is 0 Å². The Morgan fingerprint density at radius 3 is 2.28 bits per heavy atom. The molecule has 8 nitrogen and oxygen atoms in total. The molecule has 2 heterocycles. The average Bonchev–Trinajstić information content (AvgIpc) is 3.69. The van der Waals surface area contributed by atoms with Gasteiger partial charge >= 0.3 is 6.03 Å². The number of likely N-dealkylation sites (tertiary alicyclic amines) is 1. The maximum Gasteiger partial charge on any atom is 0.319 e. The van der Waals surface area contributed by atoms with E-state index in [1.54, 1.807) is 12.1 Å². The Hall–Kier alpha value is -5.08. The van der Waals surface area contributed by atoms with Gasteiger partial charge in [-0.3, -0.25) is 9.69 Å². The number of fused-ring (bicyclic) bond motifs is 1. The van der Waals surface area contributed by atoms with E-state index in [1.165, 1.54) is 29.3 Å². The fourth-order valence-electron chi connectivity index (χ4n) is 5.94. The molecular weight excluding hydrogens is 574 g/mol. The summed E-state index contributed by atoms with van der Waals surface area (Å²) in [6.07, 6.45) is 4.78. The van der Waals surface area contributed by atoms with Crippen LogP contribution in [0.4, 0.5) is 16.2 Å². The summed E-state index contributed by atoms with van der Waals surface area (Å²) >= 11 is 0. The molecule has 46 heavy (non-hydrogen) atoms. The number of anilines is 2. The highest BCUT2D eigenvalue weighted by atomic mass is 16.5. The van der Waals surface area contributed by atoms with Crippen LogP contribution in [0.25, 0.3) is 16.6 Å². The zero-order valence-electron chi connectivity index (χ0n) is 26.9. The number of hydrogen-bond donors (Lipinski definition) is 3. The molecule has 1 aliphatic rings. The number of hydrogen-bond acceptors (Lipinski definition) is 4. The van der Waals surface area contributed by atoms with Gasteiger partial charge < -0.3 is 25.3 Å². The van der Waals surface area contributed by atoms with E-state index in [0.717, 1.165) is 42.1 Å². The first-order valence-electron chi connectivity index (χ1n) is 15.9. The maximum absolute atomic E-state index is 13.3. The van der Waals surface area contributed by atoms with Crippen LogP contribution in [0.3, 0.4) is 0 Å². The first kappa shape index (κ1) is 30.9. The van der Waals surface area contributed by atoms with E-state index in [1.807, 2.05) is 76.2 Å². The van der Waals surface area contributed by atoms with Crippen LogP contribution < -0.4 is 20.7 Å². The molecule has 1 aromatic heterocycles. The van der Waals surface area contributed by atoms with Gasteiger partial charge in [-0.15, -0.1) is 0 Å². The Balaban J connectivity index is 1.12. The molecule has 0 saturated carbocycles. The third-order valence-corrected chi connectivity index (χ3v) is 8.32. The monoisotopic (exact) mass is 615 g/mol. The third kappa shape index (κ3) is 7.08. The smallest absolute Gasteiger partial charge is 0.319 e. The van der Waals surface area contributed by atoms with Crippen LogP contribution in [0.1, 0.15) is 53.7 Å². The van der Waals surface area contributed by atoms with Gasteiger partial charge in [0.15, 0.2) is 0 Å². The molecule has 0 bridgehead atoms. The summed E-state index contributed by atoms with van der Waals surface area (Å²) in [5.41, 5.74) is 7.30. The lowest BCUT2D eigenvalue weighted by molar-refractivity contribution is 0.102. The SMILES string of the molecule is Cc1cc(Oc2ccc(NC(=O)NC(C)C)cc2)c(C)cc1NC(=O)c1ccc(-n2cc(CN3CCCC3)c3ccccc32)cc1. The van der Waals surface area contributed by atoms with Crippen molar-refractivity contribution >= 4 is 34.2 Å². The Kier molecular flexibility index (Phi) is 9.08. The molecular formula is C38H41N5O3. The minimum atomic E-state index is -0.250. The number of nitrogens with one attached hydrogen (secondary N) is 3. The second-order valence-corrected chi connectivity index (χ2v) is 12.3. The van der Waals surface area contributed by atoms with Crippen LogP contribution in [0.2, 0.25) is 0 Å². The zero-order valence-corrected chi connectivity index (χ0v) is 26.9. The lowest BCUT2D eigenvalue weighted by atomic mass is 10.1. The Morgan fingerprint density at radius 2 is 1.57 bits per heavy atom. The number of nitrogens with zero attached hydrogens (tertiary/aromatic N) is 2. The minimum Gasteiger partial charge on any atom is -0.457 e. The van der Waals surface area contributed by atoms with Crippen LogP contribution in [-0.4, -0.2) is 40.5 Å². The Labute approximate surface area is 270 Å².